The molecule has 0 aliphatic heterocycles. The Morgan fingerprint density at radius 2 is 1.94 bits per heavy atom. The van der Waals surface area contributed by atoms with Crippen LogP contribution in [0.15, 0.2) is 41.3 Å². The van der Waals surface area contributed by atoms with E-state index in [0.29, 0.717) is 11.3 Å². The summed E-state index contributed by atoms with van der Waals surface area (Å²) in [6, 6.07) is 6.62. The molecule has 0 aliphatic rings. The average Bonchev–Trinajstić information content (AvgIpc) is 2.83. The number of nitrogens with zero attached hydrogens (tertiary/aromatic N) is 1. The Labute approximate surface area is 97.5 Å². The van der Waals surface area contributed by atoms with E-state index in [-0.39, 0.29) is 17.5 Å². The van der Waals surface area contributed by atoms with E-state index in [1.54, 1.807) is 24.3 Å². The lowest BCUT2D eigenvalue weighted by molar-refractivity contribution is 0.0994. The number of rotatable bonds is 3. The van der Waals surface area contributed by atoms with Crippen LogP contribution in [-0.4, -0.2) is 16.7 Å². The predicted octanol–water partition coefficient (Wildman–Crippen LogP) is 2.13. The smallest absolute Gasteiger partial charge is 0.293 e. The van der Waals surface area contributed by atoms with Crippen LogP contribution in [0.4, 0.5) is 5.69 Å². The summed E-state index contributed by atoms with van der Waals surface area (Å²) in [4.78, 5) is 26.3. The molecule has 0 saturated heterocycles. The molecule has 0 unspecified atom stereocenters. The Morgan fingerprint density at radius 1 is 1.24 bits per heavy atom. The highest BCUT2D eigenvalue weighted by molar-refractivity contribution is 6.02. The van der Waals surface area contributed by atoms with Crippen molar-refractivity contribution in [3.05, 3.63) is 48.2 Å². The van der Waals surface area contributed by atoms with Gasteiger partial charge in [-0.1, -0.05) is 0 Å². The van der Waals surface area contributed by atoms with E-state index in [1.165, 1.54) is 19.5 Å². The Bertz CT molecular complexity index is 529. The van der Waals surface area contributed by atoms with Gasteiger partial charge in [0, 0.05) is 11.3 Å². The maximum Gasteiger partial charge on any atom is 0.293 e. The summed E-state index contributed by atoms with van der Waals surface area (Å²) in [5, 5.41) is 2.63. The van der Waals surface area contributed by atoms with Gasteiger partial charge in [0.05, 0.1) is 6.20 Å². The third-order valence-electron chi connectivity index (χ3n) is 2.21. The van der Waals surface area contributed by atoms with Crippen LogP contribution < -0.4 is 5.32 Å². The maximum absolute atomic E-state index is 11.6. The molecule has 1 N–H and O–H groups in total. The molecule has 0 atom stereocenters. The zero-order valence-corrected chi connectivity index (χ0v) is 9.14. The van der Waals surface area contributed by atoms with Gasteiger partial charge in [-0.05, 0) is 31.2 Å². The number of anilines is 1. The summed E-state index contributed by atoms with van der Waals surface area (Å²) in [6.45, 7) is 1.49. The number of Topliss-reactive ketones (excluding diaryl/α,β-unsaturated/α-hetero) is 1. The molecular weight excluding hydrogens is 220 g/mol. The Morgan fingerprint density at radius 3 is 2.47 bits per heavy atom. The van der Waals surface area contributed by atoms with Crippen LogP contribution in [0.1, 0.15) is 27.8 Å². The average molecular weight is 230 g/mol. The SMILES string of the molecule is CC(=O)c1ccc(NC(=O)c2cnco2)cc1. The number of hydrogen-bond acceptors (Lipinski definition) is 4. The van der Waals surface area contributed by atoms with E-state index in [1.807, 2.05) is 0 Å². The first-order valence-corrected chi connectivity index (χ1v) is 4.97. The summed E-state index contributed by atoms with van der Waals surface area (Å²) < 4.78 is 4.85. The van der Waals surface area contributed by atoms with Gasteiger partial charge in [-0.3, -0.25) is 9.59 Å². The van der Waals surface area contributed by atoms with Crippen LogP contribution in [0, 0.1) is 0 Å². The third-order valence-corrected chi connectivity index (χ3v) is 2.21. The van der Waals surface area contributed by atoms with Crippen LogP contribution in [0.5, 0.6) is 0 Å². The molecule has 1 heterocycles. The minimum Gasteiger partial charge on any atom is -0.438 e. The molecule has 2 rings (SSSR count). The summed E-state index contributed by atoms with van der Waals surface area (Å²) in [5.41, 5.74) is 1.19. The number of oxazole rings is 1. The van der Waals surface area contributed by atoms with Gasteiger partial charge >= 0.3 is 0 Å². The minimum absolute atomic E-state index is 0.0156. The van der Waals surface area contributed by atoms with Crippen LogP contribution >= 0.6 is 0 Å². The van der Waals surface area contributed by atoms with Crippen molar-refractivity contribution in [3.63, 3.8) is 0 Å². The first-order chi connectivity index (χ1) is 8.16. The Hall–Kier alpha value is -2.43. The number of nitrogens with one attached hydrogen (secondary N) is 1. The minimum atomic E-state index is -0.377. The van der Waals surface area contributed by atoms with Crippen molar-refractivity contribution in [1.82, 2.24) is 4.98 Å². The Kier molecular flexibility index (Phi) is 3.00. The largest absolute Gasteiger partial charge is 0.438 e. The van der Waals surface area contributed by atoms with Crippen LogP contribution in [0.2, 0.25) is 0 Å². The first kappa shape index (κ1) is 11.1. The summed E-state index contributed by atoms with van der Waals surface area (Å²) in [6.07, 6.45) is 2.52. The molecule has 0 fully saturated rings. The molecule has 2 aromatic rings. The second-order valence-corrected chi connectivity index (χ2v) is 3.45. The quantitative estimate of drug-likeness (QED) is 0.820. The lowest BCUT2D eigenvalue weighted by Gasteiger charge is -2.03. The molecule has 1 aromatic carbocycles. The summed E-state index contributed by atoms with van der Waals surface area (Å²) in [7, 11) is 0. The topological polar surface area (TPSA) is 72.2 Å². The highest BCUT2D eigenvalue weighted by Crippen LogP contribution is 2.11. The van der Waals surface area contributed by atoms with Gasteiger partial charge in [0.25, 0.3) is 5.91 Å². The molecule has 0 aliphatic carbocycles. The van der Waals surface area contributed by atoms with E-state index in [0.717, 1.165) is 0 Å². The molecule has 1 aromatic heterocycles. The van der Waals surface area contributed by atoms with Gasteiger partial charge in [0.1, 0.15) is 0 Å². The molecule has 0 spiro atoms. The van der Waals surface area contributed by atoms with Gasteiger partial charge in [-0.2, -0.15) is 0 Å². The highest BCUT2D eigenvalue weighted by Gasteiger charge is 2.09. The molecular formula is C12H10N2O3. The number of carbonyl (C=O) groups is 2. The van der Waals surface area contributed by atoms with Gasteiger partial charge < -0.3 is 9.73 Å². The molecule has 0 radical (unpaired) electrons. The van der Waals surface area contributed by atoms with Gasteiger partial charge in [0.15, 0.2) is 12.2 Å². The van der Waals surface area contributed by atoms with Crippen LogP contribution in [-0.2, 0) is 0 Å². The maximum atomic E-state index is 11.6. The second-order valence-electron chi connectivity index (χ2n) is 3.45. The van der Waals surface area contributed by atoms with Crippen molar-refractivity contribution in [2.75, 3.05) is 5.32 Å². The van der Waals surface area contributed by atoms with Crippen molar-refractivity contribution < 1.29 is 14.0 Å². The van der Waals surface area contributed by atoms with Gasteiger partial charge in [-0.15, -0.1) is 0 Å². The lowest BCUT2D eigenvalue weighted by Crippen LogP contribution is -2.10. The van der Waals surface area contributed by atoms with Crippen LogP contribution in [0.25, 0.3) is 0 Å². The van der Waals surface area contributed by atoms with E-state index in [4.69, 9.17) is 4.42 Å². The first-order valence-electron chi connectivity index (χ1n) is 4.97. The molecule has 0 saturated carbocycles. The van der Waals surface area contributed by atoms with E-state index < -0.39 is 0 Å². The number of ketones is 1. The molecule has 5 nitrogen and oxygen atoms in total. The van der Waals surface area contributed by atoms with Gasteiger partial charge in [-0.25, -0.2) is 4.98 Å². The van der Waals surface area contributed by atoms with Crippen molar-refractivity contribution in [3.8, 4) is 0 Å². The lowest BCUT2D eigenvalue weighted by atomic mass is 10.1. The zero-order valence-electron chi connectivity index (χ0n) is 9.14. The summed E-state index contributed by atoms with van der Waals surface area (Å²) >= 11 is 0. The van der Waals surface area contributed by atoms with E-state index in [2.05, 4.69) is 10.3 Å². The van der Waals surface area contributed by atoms with Crippen molar-refractivity contribution in [2.45, 2.75) is 6.92 Å². The number of carbonyl (C=O) groups excluding carboxylic acids is 2. The second kappa shape index (κ2) is 4.61. The fourth-order valence-corrected chi connectivity index (χ4v) is 1.31. The summed E-state index contributed by atoms with van der Waals surface area (Å²) in [5.74, 6) is -0.253. The zero-order chi connectivity index (χ0) is 12.3. The number of hydrogen-bond donors (Lipinski definition) is 1. The normalized spacial score (nSPS) is 9.94. The molecule has 5 heteroatoms. The number of amides is 1. The Balaban J connectivity index is 2.09. The standard InChI is InChI=1S/C12H10N2O3/c1-8(15)9-2-4-10(5-3-9)14-12(16)11-6-13-7-17-11/h2-7H,1H3,(H,14,16). The number of aromatic nitrogens is 1. The highest BCUT2D eigenvalue weighted by atomic mass is 16.3. The third kappa shape index (κ3) is 2.57. The van der Waals surface area contributed by atoms with Crippen molar-refractivity contribution in [1.29, 1.82) is 0 Å². The fraction of sp³-hybridized carbons (Fsp3) is 0.0833. The van der Waals surface area contributed by atoms with Crippen molar-refractivity contribution >= 4 is 17.4 Å². The molecule has 1 amide bonds. The molecule has 17 heavy (non-hydrogen) atoms. The number of benzene rings is 1. The van der Waals surface area contributed by atoms with E-state index in [9.17, 15) is 9.59 Å². The molecule has 0 bridgehead atoms. The monoisotopic (exact) mass is 230 g/mol. The van der Waals surface area contributed by atoms with Gasteiger partial charge in [0.2, 0.25) is 5.76 Å². The fourth-order valence-electron chi connectivity index (χ4n) is 1.31. The predicted molar refractivity (Wildman–Crippen MR) is 60.9 cm³/mol. The van der Waals surface area contributed by atoms with E-state index >= 15 is 0 Å². The van der Waals surface area contributed by atoms with Crippen LogP contribution in [0.3, 0.4) is 0 Å². The van der Waals surface area contributed by atoms with Crippen molar-refractivity contribution in [2.24, 2.45) is 0 Å². The molecule has 86 valence electrons.